The van der Waals surface area contributed by atoms with Crippen LogP contribution >= 0.6 is 0 Å². The predicted molar refractivity (Wildman–Crippen MR) is 88.6 cm³/mol. The van der Waals surface area contributed by atoms with Gasteiger partial charge in [-0.3, -0.25) is 9.80 Å². The molecule has 3 nitrogen and oxygen atoms in total. The van der Waals surface area contributed by atoms with E-state index in [1.165, 1.54) is 31.4 Å². The maximum Gasteiger partial charge on any atom is 0.159 e. The monoisotopic (exact) mass is 336 g/mol. The minimum absolute atomic E-state index is 0.684. The summed E-state index contributed by atoms with van der Waals surface area (Å²) in [7, 11) is 0. The van der Waals surface area contributed by atoms with E-state index in [1.807, 2.05) is 0 Å². The highest BCUT2D eigenvalue weighted by molar-refractivity contribution is 5.18. The van der Waals surface area contributed by atoms with Gasteiger partial charge in [0.1, 0.15) is 0 Å². The zero-order valence-electron chi connectivity index (χ0n) is 14.1. The third-order valence-electron chi connectivity index (χ3n) is 5.96. The molecule has 0 aromatic heterocycles. The van der Waals surface area contributed by atoms with Gasteiger partial charge in [0.15, 0.2) is 11.6 Å². The van der Waals surface area contributed by atoms with Gasteiger partial charge in [-0.15, -0.1) is 0 Å². The molecule has 2 saturated heterocycles. The molecule has 1 saturated carbocycles. The molecule has 0 N–H and O–H groups in total. The first-order valence-electron chi connectivity index (χ1n) is 9.19. The number of morpholine rings is 1. The third kappa shape index (κ3) is 3.35. The smallest absolute Gasteiger partial charge is 0.159 e. The van der Waals surface area contributed by atoms with Gasteiger partial charge in [-0.2, -0.15) is 0 Å². The topological polar surface area (TPSA) is 15.7 Å². The van der Waals surface area contributed by atoms with Crippen molar-refractivity contribution in [3.63, 3.8) is 0 Å². The molecule has 0 unspecified atom stereocenters. The molecular formula is C19H26F2N2O. The molecule has 0 amide bonds. The molecule has 3 fully saturated rings. The van der Waals surface area contributed by atoms with E-state index in [2.05, 4.69) is 9.80 Å². The normalized spacial score (nSPS) is 32.0. The van der Waals surface area contributed by atoms with E-state index in [-0.39, 0.29) is 0 Å². The van der Waals surface area contributed by atoms with Gasteiger partial charge < -0.3 is 4.74 Å². The van der Waals surface area contributed by atoms with E-state index in [4.69, 9.17) is 4.74 Å². The number of benzene rings is 1. The second kappa shape index (κ2) is 7.06. The third-order valence-corrected chi connectivity index (χ3v) is 5.96. The lowest BCUT2D eigenvalue weighted by atomic mass is 9.72. The average molecular weight is 336 g/mol. The van der Waals surface area contributed by atoms with Gasteiger partial charge in [-0.05, 0) is 42.4 Å². The number of piperidine rings is 1. The van der Waals surface area contributed by atoms with Gasteiger partial charge in [0.2, 0.25) is 0 Å². The van der Waals surface area contributed by atoms with Gasteiger partial charge in [0, 0.05) is 38.8 Å². The Kier molecular flexibility index (Phi) is 4.83. The fraction of sp³-hybridized carbons (Fsp3) is 0.684. The fourth-order valence-electron chi connectivity index (χ4n) is 5.00. The van der Waals surface area contributed by atoms with Crippen molar-refractivity contribution in [3.8, 4) is 0 Å². The van der Waals surface area contributed by atoms with Crippen LogP contribution in [-0.2, 0) is 11.3 Å². The minimum atomic E-state index is -0.762. The van der Waals surface area contributed by atoms with Crippen LogP contribution in [0.5, 0.6) is 0 Å². The summed E-state index contributed by atoms with van der Waals surface area (Å²) in [5.74, 6) is -0.112. The number of likely N-dealkylation sites (tertiary alicyclic amines) is 1. The van der Waals surface area contributed by atoms with Gasteiger partial charge >= 0.3 is 0 Å². The molecule has 1 aromatic carbocycles. The molecule has 4 rings (SSSR count). The Morgan fingerprint density at radius 3 is 2.38 bits per heavy atom. The quantitative estimate of drug-likeness (QED) is 0.844. The van der Waals surface area contributed by atoms with E-state index in [1.54, 1.807) is 6.07 Å². The van der Waals surface area contributed by atoms with E-state index in [9.17, 15) is 8.78 Å². The second-order valence-corrected chi connectivity index (χ2v) is 7.53. The van der Waals surface area contributed by atoms with Crippen LogP contribution in [0.15, 0.2) is 18.2 Å². The largest absolute Gasteiger partial charge is 0.379 e. The highest BCUT2D eigenvalue weighted by Crippen LogP contribution is 2.38. The number of rotatable bonds is 3. The first-order valence-corrected chi connectivity index (χ1v) is 9.19. The number of ether oxygens (including phenoxy) is 1. The zero-order chi connectivity index (χ0) is 16.5. The van der Waals surface area contributed by atoms with Crippen LogP contribution in [0.3, 0.4) is 0 Å². The van der Waals surface area contributed by atoms with Crippen LogP contribution in [0.25, 0.3) is 0 Å². The Morgan fingerprint density at radius 2 is 1.71 bits per heavy atom. The lowest BCUT2D eigenvalue weighted by molar-refractivity contribution is -0.0623. The van der Waals surface area contributed by atoms with Gasteiger partial charge in [0.05, 0.1) is 13.2 Å². The lowest BCUT2D eigenvalue weighted by Crippen LogP contribution is -2.59. The number of fused-ring (bicyclic) bond motifs is 2. The van der Waals surface area contributed by atoms with Crippen LogP contribution in [0.1, 0.15) is 24.8 Å². The molecule has 3 aliphatic rings. The Hall–Kier alpha value is -1.04. The maximum absolute atomic E-state index is 13.5. The van der Waals surface area contributed by atoms with Crippen molar-refractivity contribution >= 4 is 0 Å². The van der Waals surface area contributed by atoms with Crippen LogP contribution in [0.2, 0.25) is 0 Å². The second-order valence-electron chi connectivity index (χ2n) is 7.53. The molecule has 2 bridgehead atoms. The number of halogens is 2. The summed E-state index contributed by atoms with van der Waals surface area (Å²) < 4.78 is 32.1. The maximum atomic E-state index is 13.5. The van der Waals surface area contributed by atoms with E-state index >= 15 is 0 Å². The predicted octanol–water partition coefficient (Wildman–Crippen LogP) is 2.90. The summed E-state index contributed by atoms with van der Waals surface area (Å²) in [4.78, 5) is 5.09. The fourth-order valence-corrected chi connectivity index (χ4v) is 5.00. The first-order chi connectivity index (χ1) is 11.7. The standard InChI is InChI=1S/C19H26F2N2O/c20-17-5-4-14(10-18(17)21)11-22-12-15-2-1-3-16(13-22)19(15)23-6-8-24-9-7-23/h4-5,10,15-16,19H,1-3,6-9,11-13H2/t15-,16-/m0/s1. The molecule has 2 aliphatic heterocycles. The Labute approximate surface area is 142 Å². The van der Waals surface area contributed by atoms with E-state index in [0.717, 1.165) is 51.5 Å². The molecule has 0 spiro atoms. The molecule has 132 valence electrons. The summed E-state index contributed by atoms with van der Waals surface area (Å²) in [6.45, 7) is 6.68. The summed E-state index contributed by atoms with van der Waals surface area (Å²) in [6, 6.07) is 4.98. The summed E-state index contributed by atoms with van der Waals surface area (Å²) in [5, 5.41) is 0. The van der Waals surface area contributed by atoms with E-state index < -0.39 is 11.6 Å². The summed E-state index contributed by atoms with van der Waals surface area (Å²) in [6.07, 6.45) is 3.90. The highest BCUT2D eigenvalue weighted by atomic mass is 19.2. The Bertz CT molecular complexity index is 562. The summed E-state index contributed by atoms with van der Waals surface area (Å²) >= 11 is 0. The molecule has 2 atom stereocenters. The molecule has 1 aromatic rings. The van der Waals surface area contributed by atoms with Crippen molar-refractivity contribution in [1.82, 2.24) is 9.80 Å². The van der Waals surface area contributed by atoms with Crippen LogP contribution < -0.4 is 0 Å². The van der Waals surface area contributed by atoms with Crippen LogP contribution in [0, 0.1) is 23.5 Å². The number of hydrogen-bond acceptors (Lipinski definition) is 3. The number of nitrogens with zero attached hydrogens (tertiary/aromatic N) is 2. The van der Waals surface area contributed by atoms with Crippen LogP contribution in [-0.4, -0.2) is 55.2 Å². The zero-order valence-corrected chi connectivity index (χ0v) is 14.1. The highest BCUT2D eigenvalue weighted by Gasteiger charge is 2.42. The first kappa shape index (κ1) is 16.4. The SMILES string of the molecule is Fc1ccc(CN2C[C@@H]3CCC[C@@H](C2)C3N2CCOCC2)cc1F. The van der Waals surface area contributed by atoms with Crippen molar-refractivity contribution in [2.45, 2.75) is 31.8 Å². The van der Waals surface area contributed by atoms with Gasteiger partial charge in [-0.25, -0.2) is 8.78 Å². The van der Waals surface area contributed by atoms with Gasteiger partial charge in [-0.1, -0.05) is 12.5 Å². The van der Waals surface area contributed by atoms with Crippen LogP contribution in [0.4, 0.5) is 8.78 Å². The lowest BCUT2D eigenvalue weighted by Gasteiger charge is -2.52. The van der Waals surface area contributed by atoms with E-state index in [0.29, 0.717) is 17.9 Å². The Morgan fingerprint density at radius 1 is 1.00 bits per heavy atom. The van der Waals surface area contributed by atoms with Crippen molar-refractivity contribution < 1.29 is 13.5 Å². The molecule has 2 heterocycles. The molecule has 0 radical (unpaired) electrons. The Balaban J connectivity index is 1.44. The molecular weight excluding hydrogens is 310 g/mol. The van der Waals surface area contributed by atoms with Crippen molar-refractivity contribution in [3.05, 3.63) is 35.4 Å². The van der Waals surface area contributed by atoms with Crippen molar-refractivity contribution in [2.24, 2.45) is 11.8 Å². The van der Waals surface area contributed by atoms with Gasteiger partial charge in [0.25, 0.3) is 0 Å². The summed E-state index contributed by atoms with van der Waals surface area (Å²) in [5.41, 5.74) is 0.872. The molecule has 1 aliphatic carbocycles. The van der Waals surface area contributed by atoms with Crippen molar-refractivity contribution in [2.75, 3.05) is 39.4 Å². The molecule has 24 heavy (non-hydrogen) atoms. The molecule has 5 heteroatoms. The average Bonchev–Trinajstić information content (AvgIpc) is 2.58. The number of hydrogen-bond donors (Lipinski definition) is 0. The minimum Gasteiger partial charge on any atom is -0.379 e. The van der Waals surface area contributed by atoms with Crippen molar-refractivity contribution in [1.29, 1.82) is 0 Å².